The number of piperazine rings is 1. The number of benzene rings is 2. The monoisotopic (exact) mass is 401 g/mol. The van der Waals surface area contributed by atoms with Gasteiger partial charge in [0.25, 0.3) is 5.91 Å². The van der Waals surface area contributed by atoms with Crippen molar-refractivity contribution in [3.05, 3.63) is 65.2 Å². The second kappa shape index (κ2) is 7.12. The molecule has 1 amide bonds. The fraction of sp³-hybridized carbons (Fsp3) is 0.500. The van der Waals surface area contributed by atoms with E-state index in [2.05, 4.69) is 59.7 Å². The van der Waals surface area contributed by atoms with E-state index in [0.29, 0.717) is 17.9 Å². The largest absolute Gasteiger partial charge is 0.378 e. The normalized spacial score (nSPS) is 32.4. The molecular weight excluding hydrogens is 370 g/mol. The summed E-state index contributed by atoms with van der Waals surface area (Å²) in [5, 5.41) is 3.89. The third kappa shape index (κ3) is 2.88. The minimum atomic E-state index is 0.204. The third-order valence-electron chi connectivity index (χ3n) is 8.28. The van der Waals surface area contributed by atoms with E-state index in [-0.39, 0.29) is 5.91 Å². The summed E-state index contributed by atoms with van der Waals surface area (Å²) in [6.07, 6.45) is 4.08. The molecule has 2 aliphatic carbocycles. The molecule has 2 aromatic carbocycles. The van der Waals surface area contributed by atoms with Crippen molar-refractivity contribution in [2.24, 2.45) is 17.8 Å². The predicted molar refractivity (Wildman–Crippen MR) is 120 cm³/mol. The Morgan fingerprint density at radius 1 is 0.967 bits per heavy atom. The van der Waals surface area contributed by atoms with Gasteiger partial charge in [-0.3, -0.25) is 4.79 Å². The number of anilines is 1. The Hall–Kier alpha value is -2.33. The van der Waals surface area contributed by atoms with E-state index in [1.54, 1.807) is 0 Å². The highest BCUT2D eigenvalue weighted by Crippen LogP contribution is 2.63. The molecule has 4 nitrogen and oxygen atoms in total. The summed E-state index contributed by atoms with van der Waals surface area (Å²) in [5.41, 5.74) is 4.93. The first-order chi connectivity index (χ1) is 14.7. The van der Waals surface area contributed by atoms with Gasteiger partial charge in [-0.2, -0.15) is 0 Å². The molecule has 2 aliphatic heterocycles. The molecule has 1 saturated heterocycles. The molecule has 2 bridgehead atoms. The summed E-state index contributed by atoms with van der Waals surface area (Å²) in [4.78, 5) is 17.5. The maximum atomic E-state index is 13.2. The Bertz CT molecular complexity index is 950. The standard InChI is InChI=1S/C26H31N3O/c1-28-11-13-29(14-12-28)26(30)20-9-10-22-21(16-20)23-18-7-8-19(15-18)24(23)25(27-22)17-5-3-2-4-6-17/h2-6,9-10,16,18-19,23-25,27H,7-8,11-15H2,1H3. The zero-order chi connectivity index (χ0) is 20.2. The number of nitrogens with one attached hydrogen (secondary N) is 1. The molecule has 2 heterocycles. The number of hydrogen-bond acceptors (Lipinski definition) is 3. The topological polar surface area (TPSA) is 35.6 Å². The fourth-order valence-corrected chi connectivity index (χ4v) is 6.80. The van der Waals surface area contributed by atoms with Crippen LogP contribution in [0.1, 0.15) is 52.7 Å². The second-order valence-corrected chi connectivity index (χ2v) is 9.87. The van der Waals surface area contributed by atoms with Gasteiger partial charge in [-0.15, -0.1) is 0 Å². The van der Waals surface area contributed by atoms with Crippen LogP contribution in [-0.4, -0.2) is 48.9 Å². The van der Waals surface area contributed by atoms with Gasteiger partial charge >= 0.3 is 0 Å². The van der Waals surface area contributed by atoms with Crippen LogP contribution in [0, 0.1) is 17.8 Å². The SMILES string of the molecule is CN1CCN(C(=O)c2ccc3c(c2)C2C4CCC(C4)C2C(c2ccccc2)N3)CC1. The number of rotatable bonds is 2. The van der Waals surface area contributed by atoms with E-state index in [1.165, 1.54) is 36.1 Å². The molecule has 2 saturated carbocycles. The van der Waals surface area contributed by atoms with Crippen molar-refractivity contribution in [2.45, 2.75) is 31.2 Å². The molecule has 4 aliphatic rings. The van der Waals surface area contributed by atoms with Crippen LogP contribution in [0.3, 0.4) is 0 Å². The van der Waals surface area contributed by atoms with Gasteiger partial charge in [0, 0.05) is 37.4 Å². The fourth-order valence-electron chi connectivity index (χ4n) is 6.80. The summed E-state index contributed by atoms with van der Waals surface area (Å²) in [6.45, 7) is 3.59. The van der Waals surface area contributed by atoms with Gasteiger partial charge in [0.15, 0.2) is 0 Å². The number of hydrogen-bond donors (Lipinski definition) is 1. The quantitative estimate of drug-likeness (QED) is 0.812. The number of fused-ring (bicyclic) bond motifs is 7. The summed E-state index contributed by atoms with van der Waals surface area (Å²) in [5.74, 6) is 3.03. The smallest absolute Gasteiger partial charge is 0.253 e. The molecule has 6 rings (SSSR count). The van der Waals surface area contributed by atoms with Crippen LogP contribution in [0.5, 0.6) is 0 Å². The van der Waals surface area contributed by atoms with Crippen LogP contribution in [0.15, 0.2) is 48.5 Å². The van der Waals surface area contributed by atoms with Gasteiger partial charge in [0.1, 0.15) is 0 Å². The summed E-state index contributed by atoms with van der Waals surface area (Å²) in [7, 11) is 2.13. The summed E-state index contributed by atoms with van der Waals surface area (Å²) < 4.78 is 0. The Labute approximate surface area is 179 Å². The zero-order valence-corrected chi connectivity index (χ0v) is 17.8. The minimum absolute atomic E-state index is 0.204. The maximum absolute atomic E-state index is 13.2. The molecule has 0 aromatic heterocycles. The lowest BCUT2D eigenvalue weighted by Crippen LogP contribution is -2.47. The lowest BCUT2D eigenvalue weighted by molar-refractivity contribution is 0.0664. The highest BCUT2D eigenvalue weighted by atomic mass is 16.2. The van der Waals surface area contributed by atoms with Crippen molar-refractivity contribution in [3.63, 3.8) is 0 Å². The van der Waals surface area contributed by atoms with Gasteiger partial charge in [-0.05, 0) is 79.3 Å². The first-order valence-electron chi connectivity index (χ1n) is 11.6. The van der Waals surface area contributed by atoms with Gasteiger partial charge in [-0.1, -0.05) is 30.3 Å². The molecule has 0 radical (unpaired) electrons. The lowest BCUT2D eigenvalue weighted by atomic mass is 9.68. The Kier molecular flexibility index (Phi) is 4.38. The predicted octanol–water partition coefficient (Wildman–Crippen LogP) is 4.37. The van der Waals surface area contributed by atoms with E-state index in [1.807, 2.05) is 11.0 Å². The molecule has 3 fully saturated rings. The lowest BCUT2D eigenvalue weighted by Gasteiger charge is -2.43. The molecular formula is C26H31N3O. The molecule has 5 atom stereocenters. The third-order valence-corrected chi connectivity index (χ3v) is 8.28. The van der Waals surface area contributed by atoms with E-state index in [0.717, 1.165) is 43.6 Å². The molecule has 30 heavy (non-hydrogen) atoms. The first-order valence-corrected chi connectivity index (χ1v) is 11.6. The van der Waals surface area contributed by atoms with Gasteiger partial charge in [-0.25, -0.2) is 0 Å². The number of likely N-dealkylation sites (N-methyl/N-ethyl adjacent to an activating group) is 1. The van der Waals surface area contributed by atoms with E-state index >= 15 is 0 Å². The van der Waals surface area contributed by atoms with Crippen molar-refractivity contribution >= 4 is 11.6 Å². The number of amides is 1. The van der Waals surface area contributed by atoms with Crippen molar-refractivity contribution in [1.82, 2.24) is 9.80 Å². The minimum Gasteiger partial charge on any atom is -0.378 e. The van der Waals surface area contributed by atoms with Crippen molar-refractivity contribution < 1.29 is 4.79 Å². The Morgan fingerprint density at radius 3 is 2.53 bits per heavy atom. The average Bonchev–Trinajstić information content (AvgIpc) is 3.42. The molecule has 1 N–H and O–H groups in total. The summed E-state index contributed by atoms with van der Waals surface area (Å²) >= 11 is 0. The van der Waals surface area contributed by atoms with Crippen LogP contribution in [-0.2, 0) is 0 Å². The molecule has 2 aromatic rings. The van der Waals surface area contributed by atoms with Crippen LogP contribution in [0.2, 0.25) is 0 Å². The number of nitrogens with zero attached hydrogens (tertiary/aromatic N) is 2. The Morgan fingerprint density at radius 2 is 1.73 bits per heavy atom. The maximum Gasteiger partial charge on any atom is 0.253 e. The molecule has 4 heteroatoms. The van der Waals surface area contributed by atoms with Gasteiger partial charge < -0.3 is 15.1 Å². The second-order valence-electron chi connectivity index (χ2n) is 9.87. The van der Waals surface area contributed by atoms with Crippen LogP contribution in [0.4, 0.5) is 5.69 Å². The zero-order valence-electron chi connectivity index (χ0n) is 17.8. The van der Waals surface area contributed by atoms with E-state index < -0.39 is 0 Å². The van der Waals surface area contributed by atoms with Crippen LogP contribution < -0.4 is 5.32 Å². The molecule has 156 valence electrons. The van der Waals surface area contributed by atoms with E-state index in [9.17, 15) is 4.79 Å². The first kappa shape index (κ1) is 18.4. The van der Waals surface area contributed by atoms with Crippen molar-refractivity contribution in [1.29, 1.82) is 0 Å². The van der Waals surface area contributed by atoms with Crippen LogP contribution >= 0.6 is 0 Å². The highest BCUT2D eigenvalue weighted by Gasteiger charge is 2.53. The van der Waals surface area contributed by atoms with Gasteiger partial charge in [0.2, 0.25) is 0 Å². The van der Waals surface area contributed by atoms with E-state index in [4.69, 9.17) is 0 Å². The molecule has 0 spiro atoms. The van der Waals surface area contributed by atoms with Crippen molar-refractivity contribution in [2.75, 3.05) is 38.5 Å². The van der Waals surface area contributed by atoms with Gasteiger partial charge in [0.05, 0.1) is 6.04 Å². The number of carbonyl (C=O) groups excluding carboxylic acids is 1. The average molecular weight is 402 g/mol. The summed E-state index contributed by atoms with van der Waals surface area (Å²) in [6, 6.07) is 17.8. The van der Waals surface area contributed by atoms with Crippen molar-refractivity contribution in [3.8, 4) is 0 Å². The highest BCUT2D eigenvalue weighted by molar-refractivity contribution is 5.95. The Balaban J connectivity index is 1.35. The van der Waals surface area contributed by atoms with Crippen LogP contribution in [0.25, 0.3) is 0 Å². The molecule has 5 unspecified atom stereocenters. The number of carbonyl (C=O) groups is 1.